The second kappa shape index (κ2) is 5.53. The van der Waals surface area contributed by atoms with Gasteiger partial charge in [-0.05, 0) is 0 Å². The molecule has 0 amide bonds. The molecule has 0 aliphatic rings. The van der Waals surface area contributed by atoms with Gasteiger partial charge in [-0.15, -0.1) is 13.2 Å². The standard InChI is InChI=1S/C10H8F4N2O2/c1-17-9-7(5-11)16-6(2-3-15)4-8(9)18-10(12,13)14/h4H,2,5H2,1H3. The van der Waals surface area contributed by atoms with Gasteiger partial charge in [-0.25, -0.2) is 9.37 Å². The summed E-state index contributed by atoms with van der Waals surface area (Å²) in [6.45, 7) is -1.13. The van der Waals surface area contributed by atoms with Crippen LogP contribution in [0.15, 0.2) is 6.07 Å². The number of methoxy groups -OCH3 is 1. The van der Waals surface area contributed by atoms with Gasteiger partial charge in [0, 0.05) is 6.07 Å². The van der Waals surface area contributed by atoms with Crippen molar-refractivity contribution < 1.29 is 27.0 Å². The Labute approximate surface area is 99.8 Å². The molecule has 0 unspecified atom stereocenters. The first-order valence-corrected chi connectivity index (χ1v) is 4.66. The summed E-state index contributed by atoms with van der Waals surface area (Å²) in [6, 6.07) is 2.60. The van der Waals surface area contributed by atoms with Crippen molar-refractivity contribution in [3.63, 3.8) is 0 Å². The maximum Gasteiger partial charge on any atom is 0.573 e. The Bertz CT molecular complexity index is 468. The van der Waals surface area contributed by atoms with E-state index < -0.39 is 24.5 Å². The molecule has 1 heterocycles. The Kier molecular flexibility index (Phi) is 4.31. The molecule has 4 nitrogen and oxygen atoms in total. The summed E-state index contributed by atoms with van der Waals surface area (Å²) in [6.07, 6.45) is -5.20. The molecule has 0 atom stereocenters. The van der Waals surface area contributed by atoms with E-state index in [9.17, 15) is 17.6 Å². The molecule has 0 N–H and O–H groups in total. The molecule has 18 heavy (non-hydrogen) atoms. The van der Waals surface area contributed by atoms with Gasteiger partial charge in [0.25, 0.3) is 0 Å². The number of pyridine rings is 1. The minimum Gasteiger partial charge on any atom is -0.491 e. The van der Waals surface area contributed by atoms with Crippen molar-refractivity contribution in [1.29, 1.82) is 5.26 Å². The number of rotatable bonds is 4. The van der Waals surface area contributed by atoms with Crippen LogP contribution in [0.3, 0.4) is 0 Å². The monoisotopic (exact) mass is 264 g/mol. The highest BCUT2D eigenvalue weighted by Crippen LogP contribution is 2.35. The summed E-state index contributed by atoms with van der Waals surface area (Å²) in [5.41, 5.74) is -0.366. The smallest absolute Gasteiger partial charge is 0.491 e. The second-order valence-electron chi connectivity index (χ2n) is 3.11. The largest absolute Gasteiger partial charge is 0.573 e. The van der Waals surface area contributed by atoms with Crippen molar-refractivity contribution in [2.45, 2.75) is 19.5 Å². The van der Waals surface area contributed by atoms with Crippen molar-refractivity contribution in [3.05, 3.63) is 17.5 Å². The molecule has 0 bridgehead atoms. The lowest BCUT2D eigenvalue weighted by Gasteiger charge is -2.15. The summed E-state index contributed by atoms with van der Waals surface area (Å²) in [7, 11) is 1.07. The lowest BCUT2D eigenvalue weighted by atomic mass is 10.2. The van der Waals surface area contributed by atoms with Gasteiger partial charge in [-0.2, -0.15) is 5.26 Å². The molecule has 0 aliphatic heterocycles. The molecule has 0 radical (unpaired) electrons. The normalized spacial score (nSPS) is 10.9. The van der Waals surface area contributed by atoms with Crippen LogP contribution < -0.4 is 9.47 Å². The maximum atomic E-state index is 12.6. The lowest BCUT2D eigenvalue weighted by molar-refractivity contribution is -0.275. The van der Waals surface area contributed by atoms with E-state index in [-0.39, 0.29) is 17.8 Å². The average molecular weight is 264 g/mol. The average Bonchev–Trinajstić information content (AvgIpc) is 2.26. The van der Waals surface area contributed by atoms with Crippen LogP contribution in [0, 0.1) is 11.3 Å². The predicted molar refractivity (Wildman–Crippen MR) is 51.6 cm³/mol. The SMILES string of the molecule is COc1c(OC(F)(F)F)cc(CC#N)nc1CF. The van der Waals surface area contributed by atoms with Gasteiger partial charge < -0.3 is 9.47 Å². The van der Waals surface area contributed by atoms with E-state index in [1.54, 1.807) is 6.07 Å². The number of alkyl halides is 4. The summed E-state index contributed by atoms with van der Waals surface area (Å²) in [5, 5.41) is 8.46. The van der Waals surface area contributed by atoms with E-state index in [4.69, 9.17) is 5.26 Å². The maximum absolute atomic E-state index is 12.6. The predicted octanol–water partition coefficient (Wildman–Crippen LogP) is 2.52. The van der Waals surface area contributed by atoms with Crippen molar-refractivity contribution in [1.82, 2.24) is 4.98 Å². The van der Waals surface area contributed by atoms with Crippen LogP contribution >= 0.6 is 0 Å². The Morgan fingerprint density at radius 2 is 2.11 bits per heavy atom. The van der Waals surface area contributed by atoms with Gasteiger partial charge >= 0.3 is 6.36 Å². The van der Waals surface area contributed by atoms with E-state index in [2.05, 4.69) is 14.5 Å². The van der Waals surface area contributed by atoms with E-state index in [1.807, 2.05) is 0 Å². The van der Waals surface area contributed by atoms with Crippen LogP contribution in [0.2, 0.25) is 0 Å². The minimum absolute atomic E-state index is 0.0230. The highest BCUT2D eigenvalue weighted by molar-refractivity contribution is 5.45. The Morgan fingerprint density at radius 3 is 2.56 bits per heavy atom. The minimum atomic E-state index is -4.94. The van der Waals surface area contributed by atoms with Gasteiger partial charge in [-0.1, -0.05) is 0 Å². The van der Waals surface area contributed by atoms with Crippen LogP contribution in [0.25, 0.3) is 0 Å². The van der Waals surface area contributed by atoms with Crippen LogP contribution in [-0.2, 0) is 13.1 Å². The Hall–Kier alpha value is -2.04. The molecule has 0 saturated heterocycles. The van der Waals surface area contributed by atoms with Crippen molar-refractivity contribution >= 4 is 0 Å². The summed E-state index contributed by atoms with van der Waals surface area (Å²) < 4.78 is 57.5. The first-order chi connectivity index (χ1) is 8.41. The molecular formula is C10H8F4N2O2. The summed E-state index contributed by atoms with van der Waals surface area (Å²) in [5.74, 6) is -1.14. The molecule has 0 aliphatic carbocycles. The van der Waals surface area contributed by atoms with Gasteiger partial charge in [0.2, 0.25) is 0 Å². The molecular weight excluding hydrogens is 256 g/mol. The van der Waals surface area contributed by atoms with E-state index >= 15 is 0 Å². The molecule has 1 aromatic rings. The molecule has 1 rings (SSSR count). The molecule has 8 heteroatoms. The number of hydrogen-bond acceptors (Lipinski definition) is 4. The third-order valence-corrected chi connectivity index (χ3v) is 1.88. The first kappa shape index (κ1) is 14.0. The van der Waals surface area contributed by atoms with E-state index in [0.717, 1.165) is 13.2 Å². The molecule has 0 saturated carbocycles. The Balaban J connectivity index is 3.27. The number of nitrogens with zero attached hydrogens (tertiary/aromatic N) is 2. The molecule has 0 fully saturated rings. The van der Waals surface area contributed by atoms with Gasteiger partial charge in [0.15, 0.2) is 11.5 Å². The zero-order chi connectivity index (χ0) is 13.8. The molecule has 98 valence electrons. The first-order valence-electron chi connectivity index (χ1n) is 4.66. The van der Waals surface area contributed by atoms with Gasteiger partial charge in [-0.3, -0.25) is 0 Å². The topological polar surface area (TPSA) is 55.1 Å². The van der Waals surface area contributed by atoms with Gasteiger partial charge in [0.05, 0.1) is 25.3 Å². The van der Waals surface area contributed by atoms with Crippen molar-refractivity contribution in [3.8, 4) is 17.6 Å². The summed E-state index contributed by atoms with van der Waals surface area (Å²) >= 11 is 0. The quantitative estimate of drug-likeness (QED) is 0.784. The molecule has 0 spiro atoms. The zero-order valence-corrected chi connectivity index (χ0v) is 9.21. The summed E-state index contributed by atoms with van der Waals surface area (Å²) in [4.78, 5) is 3.67. The van der Waals surface area contributed by atoms with Crippen LogP contribution in [0.5, 0.6) is 11.5 Å². The van der Waals surface area contributed by atoms with Gasteiger partial charge in [0.1, 0.15) is 12.4 Å². The Morgan fingerprint density at radius 1 is 1.44 bits per heavy atom. The fourth-order valence-corrected chi connectivity index (χ4v) is 1.30. The van der Waals surface area contributed by atoms with Crippen molar-refractivity contribution in [2.24, 2.45) is 0 Å². The third kappa shape index (κ3) is 3.48. The molecule has 1 aromatic heterocycles. The lowest BCUT2D eigenvalue weighted by Crippen LogP contribution is -2.18. The van der Waals surface area contributed by atoms with E-state index in [0.29, 0.717) is 0 Å². The second-order valence-corrected chi connectivity index (χ2v) is 3.11. The van der Waals surface area contributed by atoms with Crippen LogP contribution in [-0.4, -0.2) is 18.5 Å². The number of halogens is 4. The number of ether oxygens (including phenoxy) is 2. The van der Waals surface area contributed by atoms with E-state index in [1.165, 1.54) is 0 Å². The number of nitriles is 1. The highest BCUT2D eigenvalue weighted by Gasteiger charge is 2.33. The van der Waals surface area contributed by atoms with Crippen LogP contribution in [0.1, 0.15) is 11.4 Å². The highest BCUT2D eigenvalue weighted by atomic mass is 19.4. The van der Waals surface area contributed by atoms with Crippen LogP contribution in [0.4, 0.5) is 17.6 Å². The number of aromatic nitrogens is 1. The van der Waals surface area contributed by atoms with Crippen molar-refractivity contribution in [2.75, 3.05) is 7.11 Å². The fourth-order valence-electron chi connectivity index (χ4n) is 1.30. The fraction of sp³-hybridized carbons (Fsp3) is 0.400. The molecule has 0 aromatic carbocycles. The zero-order valence-electron chi connectivity index (χ0n) is 9.21. The number of hydrogen-bond donors (Lipinski definition) is 0. The third-order valence-electron chi connectivity index (χ3n) is 1.88.